The number of piperazine rings is 1. The van der Waals surface area contributed by atoms with Crippen molar-refractivity contribution >= 4 is 47.8 Å². The summed E-state index contributed by atoms with van der Waals surface area (Å²) in [6, 6.07) is 1.67. The van der Waals surface area contributed by atoms with Gasteiger partial charge in [0, 0.05) is 36.2 Å². The van der Waals surface area contributed by atoms with Gasteiger partial charge in [0.05, 0.1) is 21.6 Å². The third-order valence-corrected chi connectivity index (χ3v) is 5.34. The summed E-state index contributed by atoms with van der Waals surface area (Å²) in [7, 11) is 0. The van der Waals surface area contributed by atoms with Gasteiger partial charge in [-0.15, -0.1) is 0 Å². The number of phenolic OH excluding ortho intramolecular Hbond substituents is 1. The van der Waals surface area contributed by atoms with Crippen molar-refractivity contribution in [3.05, 3.63) is 25.0 Å². The fourth-order valence-electron chi connectivity index (χ4n) is 2.28. The number of aliphatic hydroxyl groups excluding tert-OH is 1. The number of phenols is 1. The molecule has 1 aliphatic rings. The minimum absolute atomic E-state index is 0.0122. The summed E-state index contributed by atoms with van der Waals surface area (Å²) in [4.78, 5) is 2.22. The third kappa shape index (κ3) is 3.33. The highest BCUT2D eigenvalue weighted by Gasteiger charge is 2.27. The van der Waals surface area contributed by atoms with Crippen LogP contribution in [0.4, 0.5) is 0 Å². The van der Waals surface area contributed by atoms with Crippen LogP contribution in [0.1, 0.15) is 11.6 Å². The lowest BCUT2D eigenvalue weighted by molar-refractivity contribution is 0.110. The molecule has 1 saturated heterocycles. The molecule has 19 heavy (non-hydrogen) atoms. The maximum Gasteiger partial charge on any atom is 0.144 e. The van der Waals surface area contributed by atoms with Crippen LogP contribution in [0.5, 0.6) is 5.75 Å². The van der Waals surface area contributed by atoms with E-state index >= 15 is 0 Å². The van der Waals surface area contributed by atoms with Crippen molar-refractivity contribution in [3.63, 3.8) is 0 Å². The molecule has 1 fully saturated rings. The topological polar surface area (TPSA) is 55.7 Å². The lowest BCUT2D eigenvalue weighted by Crippen LogP contribution is -2.46. The molecular formula is C12H15Br3N2O2. The molecule has 0 bridgehead atoms. The molecule has 1 aliphatic heterocycles. The molecule has 0 spiro atoms. The van der Waals surface area contributed by atoms with E-state index in [9.17, 15) is 10.2 Å². The van der Waals surface area contributed by atoms with Crippen molar-refractivity contribution in [1.82, 2.24) is 10.2 Å². The van der Waals surface area contributed by atoms with Crippen LogP contribution >= 0.6 is 47.8 Å². The van der Waals surface area contributed by atoms with Gasteiger partial charge < -0.3 is 15.5 Å². The van der Waals surface area contributed by atoms with E-state index in [1.165, 1.54) is 0 Å². The molecule has 0 aromatic heterocycles. The zero-order valence-corrected chi connectivity index (χ0v) is 14.9. The quantitative estimate of drug-likeness (QED) is 0.651. The van der Waals surface area contributed by atoms with E-state index in [4.69, 9.17) is 0 Å². The van der Waals surface area contributed by atoms with Gasteiger partial charge in [-0.25, -0.2) is 0 Å². The Morgan fingerprint density at radius 1 is 1.21 bits per heavy atom. The first-order valence-electron chi connectivity index (χ1n) is 5.98. The van der Waals surface area contributed by atoms with Crippen LogP contribution in [-0.4, -0.2) is 47.9 Å². The molecule has 1 atom stereocenters. The minimum atomic E-state index is -0.134. The Morgan fingerprint density at radius 3 is 2.42 bits per heavy atom. The van der Waals surface area contributed by atoms with Gasteiger partial charge in [-0.3, -0.25) is 4.90 Å². The van der Waals surface area contributed by atoms with Crippen LogP contribution in [0.25, 0.3) is 0 Å². The zero-order valence-electron chi connectivity index (χ0n) is 10.2. The summed E-state index contributed by atoms with van der Waals surface area (Å²) in [6.45, 7) is 3.59. The fourth-order valence-corrected chi connectivity index (χ4v) is 4.93. The number of aromatic hydroxyl groups is 1. The smallest absolute Gasteiger partial charge is 0.144 e. The fraction of sp³-hybridized carbons (Fsp3) is 0.500. The normalized spacial score (nSPS) is 18.5. The predicted octanol–water partition coefficient (Wildman–Crippen LogP) is 2.62. The molecule has 1 aromatic carbocycles. The molecule has 0 radical (unpaired) electrons. The van der Waals surface area contributed by atoms with E-state index in [2.05, 4.69) is 58.0 Å². The van der Waals surface area contributed by atoms with Gasteiger partial charge in [0.1, 0.15) is 5.75 Å². The number of halogens is 3. The lowest BCUT2D eigenvalue weighted by atomic mass is 10.0. The average molecular weight is 459 g/mol. The Bertz CT molecular complexity index is 465. The Hall–Kier alpha value is 0.340. The van der Waals surface area contributed by atoms with Crippen LogP contribution in [0, 0.1) is 0 Å². The Morgan fingerprint density at radius 2 is 1.84 bits per heavy atom. The van der Waals surface area contributed by atoms with Crippen LogP contribution in [-0.2, 0) is 0 Å². The first kappa shape index (κ1) is 15.7. The summed E-state index contributed by atoms with van der Waals surface area (Å²) in [5.41, 5.74) is 0.880. The van der Waals surface area contributed by atoms with Gasteiger partial charge in [-0.2, -0.15) is 0 Å². The second kappa shape index (κ2) is 6.87. The summed E-state index contributed by atoms with van der Waals surface area (Å²) in [5, 5.41) is 23.1. The summed E-state index contributed by atoms with van der Waals surface area (Å²) >= 11 is 10.2. The van der Waals surface area contributed by atoms with Crippen molar-refractivity contribution in [2.75, 3.05) is 32.8 Å². The molecule has 7 heteroatoms. The molecule has 1 heterocycles. The van der Waals surface area contributed by atoms with E-state index in [0.717, 1.165) is 36.2 Å². The number of hydrogen-bond acceptors (Lipinski definition) is 4. The molecule has 0 unspecified atom stereocenters. The number of benzene rings is 1. The SMILES string of the molecule is OC[C@H](c1c(Br)cc(Br)c(O)c1Br)N1CCNCC1. The predicted molar refractivity (Wildman–Crippen MR) is 85.5 cm³/mol. The van der Waals surface area contributed by atoms with E-state index < -0.39 is 0 Å². The van der Waals surface area contributed by atoms with E-state index in [-0.39, 0.29) is 18.4 Å². The van der Waals surface area contributed by atoms with Crippen molar-refractivity contribution in [2.24, 2.45) is 0 Å². The zero-order chi connectivity index (χ0) is 14.0. The maximum atomic E-state index is 10.0. The number of nitrogens with zero attached hydrogens (tertiary/aromatic N) is 1. The lowest BCUT2D eigenvalue weighted by Gasteiger charge is -2.35. The molecule has 0 aliphatic carbocycles. The first-order valence-corrected chi connectivity index (χ1v) is 8.36. The van der Waals surface area contributed by atoms with Crippen molar-refractivity contribution in [3.8, 4) is 5.75 Å². The van der Waals surface area contributed by atoms with Crippen LogP contribution < -0.4 is 5.32 Å². The summed E-state index contributed by atoms with van der Waals surface area (Å²) in [6.07, 6.45) is 0. The summed E-state index contributed by atoms with van der Waals surface area (Å²) < 4.78 is 2.10. The molecule has 2 rings (SSSR count). The molecule has 4 nitrogen and oxygen atoms in total. The monoisotopic (exact) mass is 456 g/mol. The second-order valence-corrected chi connectivity index (χ2v) is 6.90. The van der Waals surface area contributed by atoms with Gasteiger partial charge in [0.2, 0.25) is 0 Å². The van der Waals surface area contributed by atoms with E-state index in [0.29, 0.717) is 8.95 Å². The number of nitrogens with one attached hydrogen (secondary N) is 1. The first-order chi connectivity index (χ1) is 9.06. The molecular weight excluding hydrogens is 444 g/mol. The van der Waals surface area contributed by atoms with Gasteiger partial charge in [-0.1, -0.05) is 15.9 Å². The molecule has 106 valence electrons. The highest BCUT2D eigenvalue weighted by atomic mass is 79.9. The standard InChI is InChI=1S/C12H15Br3N2O2/c13-7-5-8(14)12(19)11(15)10(7)9(6-18)17-3-1-16-2-4-17/h5,9,16,18-19H,1-4,6H2/t9-/m1/s1. The van der Waals surface area contributed by atoms with Crippen molar-refractivity contribution < 1.29 is 10.2 Å². The van der Waals surface area contributed by atoms with Gasteiger partial charge in [-0.05, 0) is 37.9 Å². The van der Waals surface area contributed by atoms with Gasteiger partial charge in [0.15, 0.2) is 0 Å². The largest absolute Gasteiger partial charge is 0.506 e. The molecule has 3 N–H and O–H groups in total. The molecule has 1 aromatic rings. The third-order valence-electron chi connectivity index (χ3n) is 3.28. The van der Waals surface area contributed by atoms with E-state index in [1.54, 1.807) is 6.07 Å². The maximum absolute atomic E-state index is 10.0. The summed E-state index contributed by atoms with van der Waals surface area (Å²) in [5.74, 6) is 0.159. The number of rotatable bonds is 3. The average Bonchev–Trinajstić information content (AvgIpc) is 2.42. The highest BCUT2D eigenvalue weighted by Crippen LogP contribution is 2.43. The highest BCUT2D eigenvalue weighted by molar-refractivity contribution is 9.11. The van der Waals surface area contributed by atoms with Gasteiger partial charge in [0.25, 0.3) is 0 Å². The van der Waals surface area contributed by atoms with Crippen molar-refractivity contribution in [1.29, 1.82) is 0 Å². The van der Waals surface area contributed by atoms with Crippen LogP contribution in [0.3, 0.4) is 0 Å². The van der Waals surface area contributed by atoms with Gasteiger partial charge >= 0.3 is 0 Å². The Kier molecular flexibility index (Phi) is 5.68. The number of hydrogen-bond donors (Lipinski definition) is 3. The van der Waals surface area contributed by atoms with Crippen LogP contribution in [0.2, 0.25) is 0 Å². The van der Waals surface area contributed by atoms with Crippen molar-refractivity contribution in [2.45, 2.75) is 6.04 Å². The van der Waals surface area contributed by atoms with Crippen LogP contribution in [0.15, 0.2) is 19.5 Å². The number of aliphatic hydroxyl groups is 1. The Labute approximate surface area is 137 Å². The second-order valence-electron chi connectivity index (χ2n) is 4.40. The Balaban J connectivity index is 2.40. The van der Waals surface area contributed by atoms with E-state index in [1.807, 2.05) is 0 Å². The minimum Gasteiger partial charge on any atom is -0.506 e. The molecule has 0 saturated carbocycles. The molecule has 0 amide bonds.